The normalized spacial score (nSPS) is 14.9. The highest BCUT2D eigenvalue weighted by atomic mass is 35.5. The second-order valence-electron chi connectivity index (χ2n) is 11.3. The molecule has 0 amide bonds. The number of aldehydes is 1. The van der Waals surface area contributed by atoms with E-state index in [1.165, 1.54) is 38.9 Å². The van der Waals surface area contributed by atoms with E-state index in [0.29, 0.717) is 11.4 Å². The van der Waals surface area contributed by atoms with Gasteiger partial charge in [0, 0.05) is 25.6 Å². The fourth-order valence-electron chi connectivity index (χ4n) is 5.93. The number of aryl methyl sites for hydroxylation is 1. The first-order valence-corrected chi connectivity index (χ1v) is 16.0. The minimum atomic E-state index is -0.0330. The van der Waals surface area contributed by atoms with Gasteiger partial charge in [-0.05, 0) is 103 Å². The number of carbonyl (C=O) groups excluding carboxylic acids is 1. The Kier molecular flexibility index (Phi) is 12.3. The second-order valence-corrected chi connectivity index (χ2v) is 11.7. The number of carbonyl (C=O) groups is 1. The summed E-state index contributed by atoms with van der Waals surface area (Å²) < 4.78 is 12.8. The quantitative estimate of drug-likeness (QED) is 0.123. The van der Waals surface area contributed by atoms with Crippen molar-refractivity contribution in [1.29, 1.82) is 0 Å². The van der Waals surface area contributed by atoms with Crippen LogP contribution in [0.2, 0.25) is 5.02 Å². The van der Waals surface area contributed by atoms with Gasteiger partial charge in [-0.1, -0.05) is 68.6 Å². The molecule has 5 nitrogen and oxygen atoms in total. The molecule has 3 aromatic carbocycles. The second kappa shape index (κ2) is 16.1. The molecule has 0 aromatic heterocycles. The predicted octanol–water partition coefficient (Wildman–Crippen LogP) is 8.17. The van der Waals surface area contributed by atoms with Gasteiger partial charge >= 0.3 is 0 Å². The number of rotatable bonds is 17. The summed E-state index contributed by atoms with van der Waals surface area (Å²) in [7, 11) is 1.94. The molecule has 1 aliphatic carbocycles. The van der Waals surface area contributed by atoms with E-state index in [4.69, 9.17) is 21.1 Å². The van der Waals surface area contributed by atoms with Gasteiger partial charge in [-0.2, -0.15) is 0 Å². The molecular weight excluding hydrogens is 544 g/mol. The maximum absolute atomic E-state index is 10.8. The number of unbranched alkanes of at least 4 members (excludes halogenated alkanes) is 1. The van der Waals surface area contributed by atoms with E-state index < -0.39 is 0 Å². The number of likely N-dealkylation sites (N-methyl/N-ethyl adjacent to an activating group) is 1. The molecule has 3 aromatic rings. The van der Waals surface area contributed by atoms with Crippen LogP contribution in [0.25, 0.3) is 11.1 Å². The Balaban J connectivity index is 1.52. The number of ether oxygens (including phenoxy) is 2. The monoisotopic (exact) mass is 590 g/mol. The van der Waals surface area contributed by atoms with E-state index in [9.17, 15) is 4.79 Å². The molecule has 1 aliphatic rings. The Morgan fingerprint density at radius 2 is 1.86 bits per heavy atom. The highest BCUT2D eigenvalue weighted by Gasteiger charge is 2.28. The van der Waals surface area contributed by atoms with Crippen molar-refractivity contribution in [2.75, 3.05) is 20.2 Å². The standard InChI is InChI=1S/C36H47ClN2O3/c1-5-7-20-41-34-16-9-13-29(25(34)3)30-14-8-15-32-31(30)17-18-35(32)42-36-22-26(11-6-2)27(21-33(36)37)23-39-24-28(38-4)12-10-19-40/h8-9,13-16,19,21-22,28,35,38-39H,5-7,10-12,17-18,20,23-24H2,1-4H3/t28?,35-/m0/s1. The van der Waals surface area contributed by atoms with E-state index in [1.807, 2.05) is 7.05 Å². The third-order valence-electron chi connectivity index (χ3n) is 8.34. The first-order valence-electron chi connectivity index (χ1n) is 15.6. The predicted molar refractivity (Wildman–Crippen MR) is 174 cm³/mol. The van der Waals surface area contributed by atoms with Crippen LogP contribution < -0.4 is 20.1 Å². The molecular formula is C36H47ClN2O3. The molecule has 0 spiro atoms. The highest BCUT2D eigenvalue weighted by Crippen LogP contribution is 2.43. The number of hydrogen-bond acceptors (Lipinski definition) is 5. The van der Waals surface area contributed by atoms with E-state index >= 15 is 0 Å². The van der Waals surface area contributed by atoms with Crippen molar-refractivity contribution in [2.45, 2.75) is 90.8 Å². The third-order valence-corrected chi connectivity index (χ3v) is 8.63. The highest BCUT2D eigenvalue weighted by molar-refractivity contribution is 6.32. The zero-order chi connectivity index (χ0) is 29.9. The molecule has 0 fully saturated rings. The van der Waals surface area contributed by atoms with Gasteiger partial charge in [0.05, 0.1) is 11.6 Å². The molecule has 42 heavy (non-hydrogen) atoms. The summed E-state index contributed by atoms with van der Waals surface area (Å²) in [6.07, 6.45) is 8.42. The number of benzene rings is 3. The van der Waals surface area contributed by atoms with E-state index in [1.54, 1.807) is 0 Å². The molecule has 0 bridgehead atoms. The van der Waals surface area contributed by atoms with Gasteiger partial charge < -0.3 is 24.9 Å². The van der Waals surface area contributed by atoms with Crippen molar-refractivity contribution in [3.8, 4) is 22.6 Å². The van der Waals surface area contributed by atoms with Gasteiger partial charge in [-0.3, -0.25) is 0 Å². The lowest BCUT2D eigenvalue weighted by atomic mass is 9.93. The third kappa shape index (κ3) is 7.94. The molecule has 6 heteroatoms. The summed E-state index contributed by atoms with van der Waals surface area (Å²) in [6.45, 7) is 8.81. The van der Waals surface area contributed by atoms with Crippen molar-refractivity contribution in [3.05, 3.63) is 81.4 Å². The Labute approximate surface area is 257 Å². The molecule has 0 aliphatic heterocycles. The molecule has 2 N–H and O–H groups in total. The van der Waals surface area contributed by atoms with Crippen LogP contribution in [0.3, 0.4) is 0 Å². The first-order chi connectivity index (χ1) is 20.5. The smallest absolute Gasteiger partial charge is 0.139 e. The van der Waals surface area contributed by atoms with Gasteiger partial charge in [0.15, 0.2) is 0 Å². The van der Waals surface area contributed by atoms with Crippen LogP contribution in [0.4, 0.5) is 0 Å². The minimum absolute atomic E-state index is 0.0330. The van der Waals surface area contributed by atoms with Gasteiger partial charge in [-0.25, -0.2) is 0 Å². The Bertz CT molecular complexity index is 1330. The Morgan fingerprint density at radius 1 is 1.05 bits per heavy atom. The van der Waals surface area contributed by atoms with Crippen LogP contribution in [-0.2, 0) is 24.2 Å². The molecule has 0 heterocycles. The minimum Gasteiger partial charge on any atom is -0.493 e. The molecule has 1 unspecified atom stereocenters. The maximum Gasteiger partial charge on any atom is 0.139 e. The SMILES string of the molecule is CCCCOc1cccc(-c2cccc3c2CC[C@@H]3Oc2cc(CCC)c(CNCC(CCC=O)NC)cc2Cl)c1C. The van der Waals surface area contributed by atoms with E-state index in [0.717, 1.165) is 82.4 Å². The van der Waals surface area contributed by atoms with Gasteiger partial charge in [0.1, 0.15) is 23.9 Å². The summed E-state index contributed by atoms with van der Waals surface area (Å²) in [5.74, 6) is 1.73. The lowest BCUT2D eigenvalue weighted by molar-refractivity contribution is -0.108. The summed E-state index contributed by atoms with van der Waals surface area (Å²) in [4.78, 5) is 10.8. The van der Waals surface area contributed by atoms with Crippen LogP contribution in [0.1, 0.15) is 86.3 Å². The molecule has 0 radical (unpaired) electrons. The first kappa shape index (κ1) is 32.1. The van der Waals surface area contributed by atoms with E-state index in [2.05, 4.69) is 79.9 Å². The molecule has 0 saturated heterocycles. The van der Waals surface area contributed by atoms with Gasteiger partial charge in [0.2, 0.25) is 0 Å². The van der Waals surface area contributed by atoms with Crippen molar-refractivity contribution in [3.63, 3.8) is 0 Å². The Morgan fingerprint density at radius 3 is 2.62 bits per heavy atom. The summed E-state index contributed by atoms with van der Waals surface area (Å²) in [5.41, 5.74) is 8.75. The van der Waals surface area contributed by atoms with Crippen LogP contribution >= 0.6 is 11.6 Å². The fourth-order valence-corrected chi connectivity index (χ4v) is 6.16. The summed E-state index contributed by atoms with van der Waals surface area (Å²) >= 11 is 6.84. The van der Waals surface area contributed by atoms with Crippen LogP contribution in [0.5, 0.6) is 11.5 Å². The van der Waals surface area contributed by atoms with Crippen molar-refractivity contribution < 1.29 is 14.3 Å². The number of nitrogens with one attached hydrogen (secondary N) is 2. The van der Waals surface area contributed by atoms with Crippen molar-refractivity contribution in [2.24, 2.45) is 0 Å². The lowest BCUT2D eigenvalue weighted by Gasteiger charge is -2.20. The average molecular weight is 591 g/mol. The zero-order valence-electron chi connectivity index (χ0n) is 25.7. The molecule has 226 valence electrons. The largest absolute Gasteiger partial charge is 0.493 e. The fraction of sp³-hybridized carbons (Fsp3) is 0.472. The molecule has 0 saturated carbocycles. The van der Waals surface area contributed by atoms with Crippen LogP contribution in [-0.4, -0.2) is 32.5 Å². The maximum atomic E-state index is 10.8. The number of fused-ring (bicyclic) bond motifs is 1. The van der Waals surface area contributed by atoms with Crippen LogP contribution in [0.15, 0.2) is 48.5 Å². The van der Waals surface area contributed by atoms with Crippen molar-refractivity contribution in [1.82, 2.24) is 10.6 Å². The molecule has 2 atom stereocenters. The van der Waals surface area contributed by atoms with Crippen molar-refractivity contribution >= 4 is 17.9 Å². The van der Waals surface area contributed by atoms with Gasteiger partial charge in [-0.15, -0.1) is 0 Å². The Hall–Kier alpha value is -2.86. The van der Waals surface area contributed by atoms with E-state index in [-0.39, 0.29) is 12.1 Å². The number of halogens is 1. The van der Waals surface area contributed by atoms with Gasteiger partial charge in [0.25, 0.3) is 0 Å². The van der Waals surface area contributed by atoms with Crippen LogP contribution in [0, 0.1) is 6.92 Å². The summed E-state index contributed by atoms with van der Waals surface area (Å²) in [6, 6.07) is 17.4. The topological polar surface area (TPSA) is 59.6 Å². The number of hydrogen-bond donors (Lipinski definition) is 2. The zero-order valence-corrected chi connectivity index (χ0v) is 26.5. The average Bonchev–Trinajstić information content (AvgIpc) is 3.41. The summed E-state index contributed by atoms with van der Waals surface area (Å²) in [5, 5.41) is 7.49. The molecule has 4 rings (SSSR count). The lowest BCUT2D eigenvalue weighted by Crippen LogP contribution is -2.36.